The van der Waals surface area contributed by atoms with E-state index in [1.54, 1.807) is 42.5 Å². The molecule has 0 aliphatic carbocycles. The average molecular weight is 352 g/mol. The van der Waals surface area contributed by atoms with Gasteiger partial charge < -0.3 is 24.7 Å². The van der Waals surface area contributed by atoms with Gasteiger partial charge in [0.25, 0.3) is 0 Å². The van der Waals surface area contributed by atoms with Crippen LogP contribution in [-0.2, 0) is 0 Å². The van der Waals surface area contributed by atoms with Gasteiger partial charge in [0.05, 0.1) is 11.6 Å². The lowest BCUT2D eigenvalue weighted by Gasteiger charge is -2.14. The first-order chi connectivity index (χ1) is 12.6. The van der Waals surface area contributed by atoms with Gasteiger partial charge in [0.1, 0.15) is 41.8 Å². The van der Waals surface area contributed by atoms with E-state index < -0.39 is 6.10 Å². The molecule has 0 saturated carbocycles. The zero-order valence-electron chi connectivity index (χ0n) is 13.7. The summed E-state index contributed by atoms with van der Waals surface area (Å²) in [6.45, 7) is -0.0720. The van der Waals surface area contributed by atoms with Crippen LogP contribution in [0, 0.1) is 11.3 Å². The van der Waals surface area contributed by atoms with Crippen LogP contribution < -0.4 is 20.6 Å². The molecule has 1 atom stereocenters. The van der Waals surface area contributed by atoms with Gasteiger partial charge in [0.15, 0.2) is 11.3 Å². The van der Waals surface area contributed by atoms with E-state index in [1.165, 1.54) is 6.07 Å². The Morgan fingerprint density at radius 3 is 2.62 bits per heavy atom. The summed E-state index contributed by atoms with van der Waals surface area (Å²) in [6, 6.07) is 14.6. The quantitative estimate of drug-likeness (QED) is 0.697. The van der Waals surface area contributed by atoms with Gasteiger partial charge in [-0.25, -0.2) is 0 Å². The first-order valence-corrected chi connectivity index (χ1v) is 7.83. The van der Waals surface area contributed by atoms with Crippen molar-refractivity contribution in [2.75, 3.05) is 18.9 Å². The van der Waals surface area contributed by atoms with E-state index in [2.05, 4.69) is 0 Å². The smallest absolute Gasteiger partial charge is 0.198 e. The molecule has 7 heteroatoms. The second-order valence-corrected chi connectivity index (χ2v) is 5.55. The number of aliphatic hydroxyl groups excluding tert-OH is 1. The number of nitrogen functional groups attached to an aromatic ring is 1. The lowest BCUT2D eigenvalue weighted by molar-refractivity contribution is 0.0631. The highest BCUT2D eigenvalue weighted by atomic mass is 16.5. The summed E-state index contributed by atoms with van der Waals surface area (Å²) in [7, 11) is 0. The Labute approximate surface area is 148 Å². The molecule has 0 amide bonds. The van der Waals surface area contributed by atoms with Gasteiger partial charge in [-0.15, -0.1) is 0 Å². The molecular formula is C19H16N2O5. The standard InChI is InChI=1S/C19H16N2O5/c20-9-12-4-6-14(7-5-12)24-10-13(22)11-25-16-2-1-3-17-19(16)15(23)8-18(21)26-17/h1-8,13,22H,10-11,21H2. The van der Waals surface area contributed by atoms with E-state index in [0.717, 1.165) is 0 Å². The van der Waals surface area contributed by atoms with E-state index in [9.17, 15) is 9.90 Å². The normalized spacial score (nSPS) is 11.7. The summed E-state index contributed by atoms with van der Waals surface area (Å²) in [6.07, 6.45) is -0.915. The summed E-state index contributed by atoms with van der Waals surface area (Å²) < 4.78 is 16.3. The van der Waals surface area contributed by atoms with Crippen molar-refractivity contribution in [1.82, 2.24) is 0 Å². The number of nitrogens with zero attached hydrogens (tertiary/aromatic N) is 1. The van der Waals surface area contributed by atoms with Gasteiger partial charge in [-0.2, -0.15) is 5.26 Å². The molecule has 0 spiro atoms. The number of hydrogen-bond acceptors (Lipinski definition) is 7. The Hall–Kier alpha value is -3.50. The van der Waals surface area contributed by atoms with Crippen LogP contribution in [0.4, 0.5) is 5.88 Å². The van der Waals surface area contributed by atoms with Crippen LogP contribution in [0.2, 0.25) is 0 Å². The number of ether oxygens (including phenoxy) is 2. The van der Waals surface area contributed by atoms with Gasteiger partial charge in [-0.05, 0) is 36.4 Å². The number of benzene rings is 2. The molecule has 1 unspecified atom stereocenters. The molecule has 0 bridgehead atoms. The molecule has 2 aromatic carbocycles. The van der Waals surface area contributed by atoms with Crippen LogP contribution in [0.1, 0.15) is 5.56 Å². The summed E-state index contributed by atoms with van der Waals surface area (Å²) in [5.74, 6) is 0.855. The van der Waals surface area contributed by atoms with Crippen molar-refractivity contribution in [2.24, 2.45) is 0 Å². The Balaban J connectivity index is 1.62. The van der Waals surface area contributed by atoms with Gasteiger partial charge in [0.2, 0.25) is 0 Å². The van der Waals surface area contributed by atoms with Crippen molar-refractivity contribution in [3.63, 3.8) is 0 Å². The highest BCUT2D eigenvalue weighted by Crippen LogP contribution is 2.24. The van der Waals surface area contributed by atoms with Crippen molar-refractivity contribution in [2.45, 2.75) is 6.10 Å². The van der Waals surface area contributed by atoms with Crippen molar-refractivity contribution in [3.8, 4) is 17.6 Å². The predicted octanol–water partition coefficient (Wildman–Crippen LogP) is 2.07. The minimum Gasteiger partial charge on any atom is -0.491 e. The Kier molecular flexibility index (Phi) is 5.06. The molecule has 3 N–H and O–H groups in total. The van der Waals surface area contributed by atoms with Gasteiger partial charge >= 0.3 is 0 Å². The van der Waals surface area contributed by atoms with Crippen molar-refractivity contribution in [3.05, 3.63) is 64.3 Å². The Morgan fingerprint density at radius 2 is 1.88 bits per heavy atom. The van der Waals surface area contributed by atoms with Crippen LogP contribution in [0.5, 0.6) is 11.5 Å². The molecule has 1 aromatic heterocycles. The summed E-state index contributed by atoms with van der Waals surface area (Å²) in [5, 5.41) is 19.1. The number of nitriles is 1. The minimum atomic E-state index is -0.915. The minimum absolute atomic E-state index is 0.00176. The van der Waals surface area contributed by atoms with Gasteiger partial charge in [-0.1, -0.05) is 6.07 Å². The number of anilines is 1. The van der Waals surface area contributed by atoms with Crippen LogP contribution in [0.25, 0.3) is 11.0 Å². The first kappa shape index (κ1) is 17.3. The maximum atomic E-state index is 12.1. The monoisotopic (exact) mass is 352 g/mol. The SMILES string of the molecule is N#Cc1ccc(OCC(O)COc2cccc3oc(N)cc(=O)c23)cc1. The van der Waals surface area contributed by atoms with E-state index in [1.807, 2.05) is 6.07 Å². The highest BCUT2D eigenvalue weighted by Gasteiger charge is 2.12. The maximum Gasteiger partial charge on any atom is 0.198 e. The lowest BCUT2D eigenvalue weighted by Crippen LogP contribution is -2.25. The third kappa shape index (κ3) is 3.94. The maximum absolute atomic E-state index is 12.1. The molecule has 0 aliphatic heterocycles. The molecule has 3 rings (SSSR count). The third-order valence-corrected chi connectivity index (χ3v) is 3.59. The second kappa shape index (κ2) is 7.59. The average Bonchev–Trinajstić information content (AvgIpc) is 2.64. The fourth-order valence-electron chi connectivity index (χ4n) is 2.37. The van der Waals surface area contributed by atoms with E-state index in [0.29, 0.717) is 22.6 Å². The molecular weight excluding hydrogens is 336 g/mol. The molecule has 0 saturated heterocycles. The number of fused-ring (bicyclic) bond motifs is 1. The highest BCUT2D eigenvalue weighted by molar-refractivity contribution is 5.84. The summed E-state index contributed by atoms with van der Waals surface area (Å²) in [5.41, 5.74) is 6.05. The molecule has 1 heterocycles. The number of nitrogens with two attached hydrogens (primary N) is 1. The lowest BCUT2D eigenvalue weighted by atomic mass is 10.2. The Bertz CT molecular complexity index is 1010. The van der Waals surface area contributed by atoms with Crippen molar-refractivity contribution in [1.29, 1.82) is 5.26 Å². The number of hydrogen-bond donors (Lipinski definition) is 2. The van der Waals surface area contributed by atoms with Crippen molar-refractivity contribution < 1.29 is 19.0 Å². The fraction of sp³-hybridized carbons (Fsp3) is 0.158. The van der Waals surface area contributed by atoms with E-state index in [-0.39, 0.29) is 29.9 Å². The topological polar surface area (TPSA) is 119 Å². The third-order valence-electron chi connectivity index (χ3n) is 3.59. The summed E-state index contributed by atoms with van der Waals surface area (Å²) >= 11 is 0. The van der Waals surface area contributed by atoms with Crippen LogP contribution in [0.3, 0.4) is 0 Å². The molecule has 0 aliphatic rings. The zero-order valence-corrected chi connectivity index (χ0v) is 13.7. The van der Waals surface area contributed by atoms with E-state index in [4.69, 9.17) is 24.9 Å². The second-order valence-electron chi connectivity index (χ2n) is 5.55. The predicted molar refractivity (Wildman–Crippen MR) is 95.1 cm³/mol. The molecule has 0 radical (unpaired) electrons. The molecule has 3 aromatic rings. The van der Waals surface area contributed by atoms with Gasteiger partial charge in [0, 0.05) is 6.07 Å². The molecule has 7 nitrogen and oxygen atoms in total. The Morgan fingerprint density at radius 1 is 1.15 bits per heavy atom. The summed E-state index contributed by atoms with van der Waals surface area (Å²) in [4.78, 5) is 12.1. The molecule has 0 fully saturated rings. The first-order valence-electron chi connectivity index (χ1n) is 7.83. The number of aliphatic hydroxyl groups is 1. The van der Waals surface area contributed by atoms with Crippen LogP contribution in [0.15, 0.2) is 57.7 Å². The molecule has 132 valence electrons. The fourth-order valence-corrected chi connectivity index (χ4v) is 2.37. The van der Waals surface area contributed by atoms with E-state index >= 15 is 0 Å². The van der Waals surface area contributed by atoms with Crippen LogP contribution >= 0.6 is 0 Å². The molecule has 26 heavy (non-hydrogen) atoms. The van der Waals surface area contributed by atoms with Crippen molar-refractivity contribution >= 4 is 16.9 Å². The number of rotatable bonds is 6. The van der Waals surface area contributed by atoms with Gasteiger partial charge in [-0.3, -0.25) is 4.79 Å². The zero-order chi connectivity index (χ0) is 18.5. The van der Waals surface area contributed by atoms with Crippen LogP contribution in [-0.4, -0.2) is 24.4 Å². The largest absolute Gasteiger partial charge is 0.491 e.